The summed E-state index contributed by atoms with van der Waals surface area (Å²) in [6, 6.07) is 7.57. The normalized spacial score (nSPS) is 26.0. The van der Waals surface area contributed by atoms with Crippen LogP contribution >= 0.6 is 0 Å². The minimum Gasteiger partial charge on any atom is -0.492 e. The zero-order chi connectivity index (χ0) is 19.3. The third kappa shape index (κ3) is 5.08. The Kier molecular flexibility index (Phi) is 6.92. The zero-order valence-corrected chi connectivity index (χ0v) is 18.0. The molecule has 1 aromatic carbocycles. The molecule has 3 aliphatic rings. The predicted octanol–water partition coefficient (Wildman–Crippen LogP) is 3.29. The number of fused-ring (bicyclic) bond motifs is 1. The fourth-order valence-electron chi connectivity index (χ4n) is 5.26. The fraction of sp³-hybridized carbons (Fsp3) is 0.750. The first-order valence-electron chi connectivity index (χ1n) is 11.6. The maximum atomic E-state index is 6.10. The molecule has 28 heavy (non-hydrogen) atoms. The molecular weight excluding hydrogens is 346 g/mol. The van der Waals surface area contributed by atoms with Crippen LogP contribution in [0, 0.1) is 5.92 Å². The van der Waals surface area contributed by atoms with Crippen LogP contribution in [0.1, 0.15) is 43.7 Å². The summed E-state index contributed by atoms with van der Waals surface area (Å²) in [5.41, 5.74) is 3.08. The molecule has 2 unspecified atom stereocenters. The van der Waals surface area contributed by atoms with Crippen molar-refractivity contribution in [2.75, 3.05) is 59.5 Å². The number of piperazine rings is 1. The van der Waals surface area contributed by atoms with Gasteiger partial charge in [0.2, 0.25) is 0 Å². The van der Waals surface area contributed by atoms with E-state index in [1.165, 1.54) is 83.4 Å². The van der Waals surface area contributed by atoms with Crippen LogP contribution in [-0.2, 0) is 12.8 Å². The van der Waals surface area contributed by atoms with Crippen molar-refractivity contribution in [2.45, 2.75) is 51.5 Å². The molecule has 0 saturated carbocycles. The fourth-order valence-corrected chi connectivity index (χ4v) is 5.26. The van der Waals surface area contributed by atoms with Gasteiger partial charge in [0.25, 0.3) is 0 Å². The van der Waals surface area contributed by atoms with Gasteiger partial charge in [-0.1, -0.05) is 12.5 Å². The maximum absolute atomic E-state index is 6.10. The number of hydrogen-bond donors (Lipinski definition) is 0. The molecule has 4 rings (SSSR count). The van der Waals surface area contributed by atoms with E-state index in [-0.39, 0.29) is 0 Å². The van der Waals surface area contributed by atoms with E-state index < -0.39 is 0 Å². The predicted molar refractivity (Wildman–Crippen MR) is 116 cm³/mol. The summed E-state index contributed by atoms with van der Waals surface area (Å²) in [5.74, 6) is 1.86. The van der Waals surface area contributed by atoms with E-state index in [0.717, 1.165) is 24.8 Å². The number of aryl methyl sites for hydroxylation is 1. The third-order valence-electron chi connectivity index (χ3n) is 7.37. The highest BCUT2D eigenvalue weighted by atomic mass is 16.5. The molecule has 4 nitrogen and oxygen atoms in total. The van der Waals surface area contributed by atoms with Crippen LogP contribution in [0.2, 0.25) is 0 Å². The molecule has 0 amide bonds. The van der Waals surface area contributed by atoms with Crippen LogP contribution < -0.4 is 4.74 Å². The SMILES string of the molecule is CC(C1CCc2cc(OCCN3CCCCC3)ccc2C1)N1CCN(C)CC1. The van der Waals surface area contributed by atoms with Crippen molar-refractivity contribution in [2.24, 2.45) is 5.92 Å². The standard InChI is InChI=1S/C24H39N3O/c1-20(27-14-12-25(2)13-15-27)21-6-7-23-19-24(9-8-22(23)18-21)28-17-16-26-10-4-3-5-11-26/h8-9,19-21H,3-7,10-18H2,1-2H3. The maximum Gasteiger partial charge on any atom is 0.119 e. The second-order valence-electron chi connectivity index (χ2n) is 9.26. The summed E-state index contributed by atoms with van der Waals surface area (Å²) in [6.45, 7) is 11.7. The molecular formula is C24H39N3O. The monoisotopic (exact) mass is 385 g/mol. The van der Waals surface area contributed by atoms with Gasteiger partial charge in [-0.15, -0.1) is 0 Å². The quantitative estimate of drug-likeness (QED) is 0.748. The van der Waals surface area contributed by atoms with Gasteiger partial charge in [-0.3, -0.25) is 9.80 Å². The number of nitrogens with zero attached hydrogens (tertiary/aromatic N) is 3. The molecule has 1 aromatic rings. The average molecular weight is 386 g/mol. The van der Waals surface area contributed by atoms with E-state index in [4.69, 9.17) is 4.74 Å². The van der Waals surface area contributed by atoms with E-state index in [0.29, 0.717) is 6.04 Å². The summed E-state index contributed by atoms with van der Waals surface area (Å²) in [4.78, 5) is 7.71. The number of ether oxygens (including phenoxy) is 1. The molecule has 0 radical (unpaired) electrons. The Morgan fingerprint density at radius 3 is 2.57 bits per heavy atom. The summed E-state index contributed by atoms with van der Waals surface area (Å²) < 4.78 is 6.10. The number of piperidine rings is 1. The van der Waals surface area contributed by atoms with Crippen molar-refractivity contribution >= 4 is 0 Å². The summed E-state index contributed by atoms with van der Waals surface area (Å²) in [7, 11) is 2.24. The Hall–Kier alpha value is -1.10. The molecule has 0 bridgehead atoms. The lowest BCUT2D eigenvalue weighted by atomic mass is 9.80. The van der Waals surface area contributed by atoms with Gasteiger partial charge >= 0.3 is 0 Å². The highest BCUT2D eigenvalue weighted by molar-refractivity contribution is 5.37. The first-order chi connectivity index (χ1) is 13.7. The van der Waals surface area contributed by atoms with Gasteiger partial charge in [0.05, 0.1) is 0 Å². The van der Waals surface area contributed by atoms with Crippen molar-refractivity contribution in [1.29, 1.82) is 0 Å². The topological polar surface area (TPSA) is 19.0 Å². The van der Waals surface area contributed by atoms with Crippen LogP contribution in [0.25, 0.3) is 0 Å². The zero-order valence-electron chi connectivity index (χ0n) is 18.0. The smallest absolute Gasteiger partial charge is 0.119 e. The van der Waals surface area contributed by atoms with E-state index >= 15 is 0 Å². The molecule has 156 valence electrons. The second-order valence-corrected chi connectivity index (χ2v) is 9.26. The summed E-state index contributed by atoms with van der Waals surface area (Å²) in [6.07, 6.45) is 7.87. The minimum atomic E-state index is 0.697. The van der Waals surface area contributed by atoms with E-state index in [9.17, 15) is 0 Å². The number of benzene rings is 1. The first-order valence-corrected chi connectivity index (χ1v) is 11.6. The van der Waals surface area contributed by atoms with Crippen molar-refractivity contribution in [3.63, 3.8) is 0 Å². The lowest BCUT2D eigenvalue weighted by molar-refractivity contribution is 0.0847. The Morgan fingerprint density at radius 2 is 1.79 bits per heavy atom. The molecule has 0 aromatic heterocycles. The highest BCUT2D eigenvalue weighted by Crippen LogP contribution is 2.32. The Labute approximate surface area is 171 Å². The third-order valence-corrected chi connectivity index (χ3v) is 7.37. The highest BCUT2D eigenvalue weighted by Gasteiger charge is 2.29. The second kappa shape index (κ2) is 9.60. The minimum absolute atomic E-state index is 0.697. The largest absolute Gasteiger partial charge is 0.492 e. The molecule has 2 saturated heterocycles. The summed E-state index contributed by atoms with van der Waals surface area (Å²) in [5, 5.41) is 0. The molecule has 2 heterocycles. The lowest BCUT2D eigenvalue weighted by Crippen LogP contribution is -2.50. The van der Waals surface area contributed by atoms with Gasteiger partial charge in [0, 0.05) is 38.8 Å². The van der Waals surface area contributed by atoms with Crippen molar-refractivity contribution < 1.29 is 4.74 Å². The number of likely N-dealkylation sites (tertiary alicyclic amines) is 1. The average Bonchev–Trinajstić information content (AvgIpc) is 2.74. The molecule has 4 heteroatoms. The van der Waals surface area contributed by atoms with E-state index in [2.05, 4.69) is 46.9 Å². The Morgan fingerprint density at radius 1 is 1.00 bits per heavy atom. The van der Waals surface area contributed by atoms with Crippen LogP contribution in [0.4, 0.5) is 0 Å². The Balaban J connectivity index is 1.27. The van der Waals surface area contributed by atoms with Gasteiger partial charge in [-0.25, -0.2) is 0 Å². The molecule has 1 aliphatic carbocycles. The lowest BCUT2D eigenvalue weighted by Gasteiger charge is -2.41. The van der Waals surface area contributed by atoms with Gasteiger partial charge < -0.3 is 9.64 Å². The van der Waals surface area contributed by atoms with Crippen LogP contribution in [0.3, 0.4) is 0 Å². The summed E-state index contributed by atoms with van der Waals surface area (Å²) >= 11 is 0. The van der Waals surface area contributed by atoms with E-state index in [1.54, 1.807) is 5.56 Å². The number of hydrogen-bond acceptors (Lipinski definition) is 4. The molecule has 2 aliphatic heterocycles. The van der Waals surface area contributed by atoms with Gasteiger partial charge in [-0.05, 0) is 88.3 Å². The molecule has 2 fully saturated rings. The van der Waals surface area contributed by atoms with Crippen molar-refractivity contribution in [3.8, 4) is 5.75 Å². The molecule has 0 N–H and O–H groups in total. The molecule has 2 atom stereocenters. The van der Waals surface area contributed by atoms with Gasteiger partial charge in [0.15, 0.2) is 0 Å². The van der Waals surface area contributed by atoms with Gasteiger partial charge in [0.1, 0.15) is 12.4 Å². The Bertz CT molecular complexity index is 620. The van der Waals surface area contributed by atoms with E-state index in [1.807, 2.05) is 0 Å². The van der Waals surface area contributed by atoms with Crippen molar-refractivity contribution in [3.05, 3.63) is 29.3 Å². The van der Waals surface area contributed by atoms with Gasteiger partial charge in [-0.2, -0.15) is 0 Å². The number of rotatable bonds is 6. The first kappa shape index (κ1) is 20.2. The number of likely N-dealkylation sites (N-methyl/N-ethyl adjacent to an activating group) is 1. The molecule has 0 spiro atoms. The van der Waals surface area contributed by atoms with Crippen LogP contribution in [0.15, 0.2) is 18.2 Å². The van der Waals surface area contributed by atoms with Crippen molar-refractivity contribution in [1.82, 2.24) is 14.7 Å². The van der Waals surface area contributed by atoms with Crippen LogP contribution in [-0.4, -0.2) is 80.2 Å². The van der Waals surface area contributed by atoms with Crippen LogP contribution in [0.5, 0.6) is 5.75 Å².